The first-order valence-corrected chi connectivity index (χ1v) is 20.0. The molecule has 2 nitrogen and oxygen atoms in total. The van der Waals surface area contributed by atoms with Crippen LogP contribution < -0.4 is 4.90 Å². The Labute approximate surface area is 360 Å². The number of fused-ring (bicyclic) bond motifs is 4. The predicted molar refractivity (Wildman–Crippen MR) is 255 cm³/mol. The minimum absolute atomic E-state index is 0.0581. The first-order valence-electron chi connectivity index (χ1n) is 23.5. The highest BCUT2D eigenvalue weighted by molar-refractivity contribution is 6.17. The predicted octanol–water partition coefficient (Wildman–Crippen LogP) is 16.1. The Hall–Kier alpha value is -7.94. The third-order valence-electron chi connectivity index (χ3n) is 11.3. The molecule has 0 spiro atoms. The van der Waals surface area contributed by atoms with Gasteiger partial charge in [-0.3, -0.25) is 0 Å². The molecule has 0 atom stereocenters. The molecule has 0 unspecified atom stereocenters. The van der Waals surface area contributed by atoms with Crippen molar-refractivity contribution in [3.05, 3.63) is 242 Å². The molecule has 1 heterocycles. The first kappa shape index (κ1) is 28.5. The Bertz CT molecular complexity index is 3690. The van der Waals surface area contributed by atoms with E-state index in [1.807, 2.05) is 36.4 Å². The van der Waals surface area contributed by atoms with Crippen LogP contribution in [0, 0.1) is 0 Å². The quantitative estimate of drug-likeness (QED) is 0.149. The van der Waals surface area contributed by atoms with Crippen molar-refractivity contribution < 1.29 is 9.60 Å². The molecule has 10 aromatic carbocycles. The van der Waals surface area contributed by atoms with Crippen molar-refractivity contribution in [2.45, 2.75) is 0 Å². The van der Waals surface area contributed by atoms with Crippen LogP contribution in [-0.4, -0.2) is 4.57 Å². The van der Waals surface area contributed by atoms with Crippen LogP contribution in [0.3, 0.4) is 0 Å². The third-order valence-corrected chi connectivity index (χ3v) is 11.3. The second-order valence-corrected chi connectivity index (χ2v) is 14.7. The van der Waals surface area contributed by atoms with E-state index in [1.165, 1.54) is 10.8 Å². The van der Waals surface area contributed by atoms with Gasteiger partial charge in [0.05, 0.1) is 32.0 Å². The number of benzene rings is 10. The lowest BCUT2D eigenvalue weighted by atomic mass is 9.95. The molecule has 60 heavy (non-hydrogen) atoms. The van der Waals surface area contributed by atoms with Crippen molar-refractivity contribution in [2.75, 3.05) is 4.90 Å². The number of rotatable bonds is 8. The SMILES string of the molecule is [2H]c1c([2H])c([2H])c2c(-c3ccc(-c4ccc(N(c5ccccc5-c5ccccc5)c5ccccc5-c5cccc6c5c5ccccc5n6-c5ccccc5)cc4)cc3)c([2H])c([2H])c([2H])c2c1[2H]. The molecule has 2 heteroatoms. The van der Waals surface area contributed by atoms with Crippen LogP contribution in [0.1, 0.15) is 9.60 Å². The zero-order chi connectivity index (χ0) is 45.9. The number of aromatic nitrogens is 1. The zero-order valence-corrected chi connectivity index (χ0v) is 32.4. The molecular weight excluding hydrogens is 725 g/mol. The van der Waals surface area contributed by atoms with Gasteiger partial charge >= 0.3 is 0 Å². The second kappa shape index (κ2) is 15.1. The Balaban J connectivity index is 1.06. The molecule has 11 rings (SSSR count). The molecule has 1 aromatic heterocycles. The lowest BCUT2D eigenvalue weighted by Gasteiger charge is -2.30. The summed E-state index contributed by atoms with van der Waals surface area (Å²) >= 11 is 0. The fraction of sp³-hybridized carbons (Fsp3) is 0. The first-order chi connectivity index (χ1) is 32.7. The maximum atomic E-state index is 8.86. The average Bonchev–Trinajstić information content (AvgIpc) is 3.72. The van der Waals surface area contributed by atoms with Crippen molar-refractivity contribution in [1.82, 2.24) is 4.57 Å². The Morgan fingerprint density at radius 2 is 0.900 bits per heavy atom. The van der Waals surface area contributed by atoms with Crippen LogP contribution in [0.15, 0.2) is 242 Å². The van der Waals surface area contributed by atoms with E-state index >= 15 is 0 Å². The summed E-state index contributed by atoms with van der Waals surface area (Å²) in [7, 11) is 0. The van der Waals surface area contributed by atoms with Crippen LogP contribution in [0.25, 0.3) is 82.8 Å². The number of hydrogen-bond donors (Lipinski definition) is 0. The third kappa shape index (κ3) is 6.14. The summed E-state index contributed by atoms with van der Waals surface area (Å²) < 4.78 is 62.2. The Morgan fingerprint density at radius 3 is 1.68 bits per heavy atom. The van der Waals surface area contributed by atoms with Crippen LogP contribution in [0.5, 0.6) is 0 Å². The van der Waals surface area contributed by atoms with Gasteiger partial charge in [0.25, 0.3) is 0 Å². The summed E-state index contributed by atoms with van der Waals surface area (Å²) in [4.78, 5) is 2.34. The van der Waals surface area contributed by atoms with E-state index in [2.05, 4.69) is 173 Å². The molecule has 0 aliphatic rings. The molecule has 0 N–H and O–H groups in total. The fourth-order valence-corrected chi connectivity index (χ4v) is 8.60. The Morgan fingerprint density at radius 1 is 0.350 bits per heavy atom. The molecule has 0 fully saturated rings. The lowest BCUT2D eigenvalue weighted by molar-refractivity contribution is 1.18. The molecular formula is C58H40N2. The topological polar surface area (TPSA) is 8.17 Å². The molecule has 0 radical (unpaired) electrons. The maximum absolute atomic E-state index is 8.86. The van der Waals surface area contributed by atoms with E-state index in [1.54, 1.807) is 0 Å². The Kier molecular flexibility index (Phi) is 7.16. The van der Waals surface area contributed by atoms with Crippen molar-refractivity contribution in [3.63, 3.8) is 0 Å². The van der Waals surface area contributed by atoms with Gasteiger partial charge in [0.15, 0.2) is 0 Å². The van der Waals surface area contributed by atoms with E-state index < -0.39 is 12.1 Å². The van der Waals surface area contributed by atoms with Gasteiger partial charge in [0.2, 0.25) is 0 Å². The van der Waals surface area contributed by atoms with Crippen LogP contribution in [0.4, 0.5) is 17.1 Å². The van der Waals surface area contributed by atoms with E-state index in [4.69, 9.17) is 9.60 Å². The van der Waals surface area contributed by atoms with Gasteiger partial charge in [-0.05, 0) is 92.7 Å². The summed E-state index contributed by atoms with van der Waals surface area (Å²) in [5.74, 6) is 0. The number of hydrogen-bond acceptors (Lipinski definition) is 1. The molecule has 0 saturated carbocycles. The summed E-state index contributed by atoms with van der Waals surface area (Å²) in [6, 6.07) is 66.5. The van der Waals surface area contributed by atoms with Crippen molar-refractivity contribution in [3.8, 4) is 50.2 Å². The molecule has 0 aliphatic heterocycles. The van der Waals surface area contributed by atoms with Crippen molar-refractivity contribution in [2.24, 2.45) is 0 Å². The molecule has 11 aromatic rings. The second-order valence-electron chi connectivity index (χ2n) is 14.7. The van der Waals surface area contributed by atoms with Gasteiger partial charge < -0.3 is 9.47 Å². The summed E-state index contributed by atoms with van der Waals surface area (Å²) in [6.07, 6.45) is 0. The molecule has 0 aliphatic carbocycles. The summed E-state index contributed by atoms with van der Waals surface area (Å²) in [5, 5.41) is 2.36. The monoisotopic (exact) mass is 771 g/mol. The van der Waals surface area contributed by atoms with E-state index in [-0.39, 0.29) is 46.5 Å². The van der Waals surface area contributed by atoms with Crippen molar-refractivity contribution >= 4 is 49.6 Å². The van der Waals surface area contributed by atoms with Gasteiger partial charge in [0.1, 0.15) is 0 Å². The van der Waals surface area contributed by atoms with Gasteiger partial charge in [-0.25, -0.2) is 0 Å². The highest BCUT2D eigenvalue weighted by atomic mass is 15.1. The van der Waals surface area contributed by atoms with Crippen LogP contribution in [-0.2, 0) is 0 Å². The van der Waals surface area contributed by atoms with E-state index in [0.29, 0.717) is 5.56 Å². The van der Waals surface area contributed by atoms with Gasteiger partial charge in [-0.15, -0.1) is 0 Å². The van der Waals surface area contributed by atoms with Crippen LogP contribution >= 0.6 is 0 Å². The van der Waals surface area contributed by atoms with Gasteiger partial charge in [-0.2, -0.15) is 0 Å². The largest absolute Gasteiger partial charge is 0.309 e. The highest BCUT2D eigenvalue weighted by Gasteiger charge is 2.23. The highest BCUT2D eigenvalue weighted by Crippen LogP contribution is 2.47. The van der Waals surface area contributed by atoms with Crippen LogP contribution in [0.2, 0.25) is 0 Å². The minimum atomic E-state index is -0.469. The minimum Gasteiger partial charge on any atom is -0.309 e. The standard InChI is InChI=1S/C58H40N2/c1-3-17-44(18-4-1)50-24-9-12-29-54(50)59(47-39-37-42(38-40-47)41-33-35-45(36-34-41)49-27-15-20-43-19-7-8-23-48(43)49)55-30-13-10-25-51(55)52-28-16-32-57-58(52)53-26-11-14-31-56(53)60(57)46-21-5-2-6-22-46/h1-40H/i7D,8D,15D,19D,20D,23D,27D. The normalized spacial score (nSPS) is 13.0. The van der Waals surface area contributed by atoms with Crippen molar-refractivity contribution in [1.29, 1.82) is 0 Å². The number of para-hydroxylation sites is 4. The van der Waals surface area contributed by atoms with E-state index in [0.717, 1.165) is 67.2 Å². The molecule has 0 saturated heterocycles. The molecule has 282 valence electrons. The number of nitrogens with zero attached hydrogens (tertiary/aromatic N) is 2. The maximum Gasteiger partial charge on any atom is 0.0629 e. The fourth-order valence-electron chi connectivity index (χ4n) is 8.60. The van der Waals surface area contributed by atoms with E-state index in [9.17, 15) is 0 Å². The summed E-state index contributed by atoms with van der Waals surface area (Å²) in [5.41, 5.74) is 13.3. The summed E-state index contributed by atoms with van der Waals surface area (Å²) in [6.45, 7) is 0. The lowest BCUT2D eigenvalue weighted by Crippen LogP contribution is -2.12. The molecule has 0 amide bonds. The number of anilines is 3. The smallest absolute Gasteiger partial charge is 0.0629 e. The van der Waals surface area contributed by atoms with Gasteiger partial charge in [0, 0.05) is 33.3 Å². The zero-order valence-electron chi connectivity index (χ0n) is 39.4. The average molecular weight is 772 g/mol. The van der Waals surface area contributed by atoms with Gasteiger partial charge in [-0.1, -0.05) is 194 Å². The molecule has 0 bridgehead atoms.